The lowest BCUT2D eigenvalue weighted by Gasteiger charge is -2.62. The van der Waals surface area contributed by atoms with Crippen molar-refractivity contribution < 1.29 is 10.2 Å². The topological polar surface area (TPSA) is 40.5 Å². The van der Waals surface area contributed by atoms with Crippen LogP contribution in [0.3, 0.4) is 0 Å². The maximum absolute atomic E-state index is 10.7. The smallest absolute Gasteiger partial charge is 0.0622 e. The molecule has 4 aliphatic carbocycles. The minimum atomic E-state index is -0.518. The molecule has 4 aliphatic rings. The molecule has 2 heteroatoms. The van der Waals surface area contributed by atoms with Gasteiger partial charge in [-0.05, 0) is 132 Å². The van der Waals surface area contributed by atoms with Crippen molar-refractivity contribution >= 4 is 0 Å². The van der Waals surface area contributed by atoms with E-state index in [4.69, 9.17) is 0 Å². The molecule has 0 heterocycles. The SMILES string of the molecule is CC(C)(O)CC[C@H]1CCC2C3CC[C@H]4C[C@@](C)(O)CC[C@]4(C)C3CC[C@@]21C. The van der Waals surface area contributed by atoms with Crippen LogP contribution >= 0.6 is 0 Å². The second kappa shape index (κ2) is 6.46. The highest BCUT2D eigenvalue weighted by Crippen LogP contribution is 2.68. The fourth-order valence-electron chi connectivity index (χ4n) is 8.54. The number of fused-ring (bicyclic) bond motifs is 5. The summed E-state index contributed by atoms with van der Waals surface area (Å²) in [5.74, 6) is 4.26. The molecule has 4 fully saturated rings. The molecule has 0 saturated heterocycles. The fourth-order valence-corrected chi connectivity index (χ4v) is 8.54. The molecule has 8 atom stereocenters. The zero-order valence-electron chi connectivity index (χ0n) is 18.6. The van der Waals surface area contributed by atoms with Gasteiger partial charge in [0, 0.05) is 0 Å². The molecule has 4 rings (SSSR count). The zero-order valence-corrected chi connectivity index (χ0v) is 18.6. The monoisotopic (exact) mass is 376 g/mol. The van der Waals surface area contributed by atoms with Crippen LogP contribution in [0, 0.1) is 40.4 Å². The standard InChI is InChI=1S/C25H44O2/c1-22(2,26)12-10-17-7-9-20-19-8-6-18-16-23(3,27)14-15-25(18,5)21(19)11-13-24(17,20)4/h17-21,26-27H,6-16H2,1-5H3/t17-,18+,19?,20?,21?,23+,24-,25+/m1/s1. The largest absolute Gasteiger partial charge is 0.390 e. The van der Waals surface area contributed by atoms with E-state index in [-0.39, 0.29) is 0 Å². The summed E-state index contributed by atoms with van der Waals surface area (Å²) in [4.78, 5) is 0. The summed E-state index contributed by atoms with van der Waals surface area (Å²) in [7, 11) is 0. The average molecular weight is 377 g/mol. The Balaban J connectivity index is 1.51. The summed E-state index contributed by atoms with van der Waals surface area (Å²) in [6.45, 7) is 11.2. The van der Waals surface area contributed by atoms with Gasteiger partial charge in [0.1, 0.15) is 0 Å². The molecule has 0 aromatic heterocycles. The van der Waals surface area contributed by atoms with Gasteiger partial charge < -0.3 is 10.2 Å². The highest BCUT2D eigenvalue weighted by Gasteiger charge is 2.60. The minimum Gasteiger partial charge on any atom is -0.390 e. The Morgan fingerprint density at radius 1 is 0.852 bits per heavy atom. The van der Waals surface area contributed by atoms with E-state index in [1.54, 1.807) is 0 Å². The number of hydrogen-bond acceptors (Lipinski definition) is 2. The normalized spacial score (nSPS) is 52.8. The zero-order chi connectivity index (χ0) is 19.7. The van der Waals surface area contributed by atoms with Crippen LogP contribution in [0.4, 0.5) is 0 Å². The molecule has 0 radical (unpaired) electrons. The van der Waals surface area contributed by atoms with E-state index in [1.807, 2.05) is 13.8 Å². The van der Waals surface area contributed by atoms with Crippen LogP contribution in [0.25, 0.3) is 0 Å². The van der Waals surface area contributed by atoms with Crippen LogP contribution in [0.5, 0.6) is 0 Å². The fraction of sp³-hybridized carbons (Fsp3) is 1.00. The summed E-state index contributed by atoms with van der Waals surface area (Å²) < 4.78 is 0. The summed E-state index contributed by atoms with van der Waals surface area (Å²) in [5, 5.41) is 20.9. The molecule has 0 amide bonds. The van der Waals surface area contributed by atoms with Crippen LogP contribution < -0.4 is 0 Å². The third-order valence-corrected chi connectivity index (χ3v) is 10.3. The van der Waals surface area contributed by atoms with Crippen molar-refractivity contribution in [2.75, 3.05) is 0 Å². The number of aliphatic hydroxyl groups is 2. The second-order valence-corrected chi connectivity index (χ2v) is 12.5. The molecule has 2 N–H and O–H groups in total. The molecule has 2 nitrogen and oxygen atoms in total. The Hall–Kier alpha value is -0.0800. The van der Waals surface area contributed by atoms with Crippen LogP contribution in [0.2, 0.25) is 0 Å². The molecular formula is C25H44O2. The van der Waals surface area contributed by atoms with Gasteiger partial charge in [-0.25, -0.2) is 0 Å². The predicted molar refractivity (Wildman–Crippen MR) is 111 cm³/mol. The average Bonchev–Trinajstić information content (AvgIpc) is 2.89. The van der Waals surface area contributed by atoms with Crippen molar-refractivity contribution in [3.63, 3.8) is 0 Å². The van der Waals surface area contributed by atoms with Gasteiger partial charge in [0.15, 0.2) is 0 Å². The Kier molecular flexibility index (Phi) is 4.83. The first-order valence-electron chi connectivity index (χ1n) is 11.9. The maximum atomic E-state index is 10.7. The molecule has 0 bridgehead atoms. The summed E-state index contributed by atoms with van der Waals surface area (Å²) in [6, 6.07) is 0. The van der Waals surface area contributed by atoms with E-state index in [0.717, 1.165) is 48.9 Å². The van der Waals surface area contributed by atoms with Crippen molar-refractivity contribution in [2.45, 2.75) is 116 Å². The van der Waals surface area contributed by atoms with Gasteiger partial charge in [-0.2, -0.15) is 0 Å². The minimum absolute atomic E-state index is 0.421. The quantitative estimate of drug-likeness (QED) is 0.639. The van der Waals surface area contributed by atoms with Crippen LogP contribution in [-0.4, -0.2) is 21.4 Å². The van der Waals surface area contributed by atoms with Gasteiger partial charge in [-0.1, -0.05) is 13.8 Å². The number of rotatable bonds is 3. The Labute approximate surface area is 167 Å². The molecule has 3 unspecified atom stereocenters. The summed E-state index contributed by atoms with van der Waals surface area (Å²) in [5.41, 5.74) is 0.0411. The van der Waals surface area contributed by atoms with Gasteiger partial charge in [-0.15, -0.1) is 0 Å². The van der Waals surface area contributed by atoms with E-state index in [9.17, 15) is 10.2 Å². The molecule has 0 spiro atoms. The first kappa shape index (κ1) is 20.2. The second-order valence-electron chi connectivity index (χ2n) is 12.5. The lowest BCUT2D eigenvalue weighted by molar-refractivity contribution is -0.146. The van der Waals surface area contributed by atoms with Crippen molar-refractivity contribution in [3.8, 4) is 0 Å². The van der Waals surface area contributed by atoms with Crippen molar-refractivity contribution in [3.05, 3.63) is 0 Å². The van der Waals surface area contributed by atoms with Gasteiger partial charge >= 0.3 is 0 Å². The third kappa shape index (κ3) is 3.41. The molecule has 27 heavy (non-hydrogen) atoms. The first-order valence-corrected chi connectivity index (χ1v) is 11.9. The lowest BCUT2D eigenvalue weighted by Crippen LogP contribution is -2.55. The van der Waals surface area contributed by atoms with Crippen LogP contribution in [0.1, 0.15) is 105 Å². The number of hydrogen-bond donors (Lipinski definition) is 2. The highest BCUT2D eigenvalue weighted by atomic mass is 16.3. The highest BCUT2D eigenvalue weighted by molar-refractivity contribution is 5.10. The Bertz CT molecular complexity index is 561. The summed E-state index contributed by atoms with van der Waals surface area (Å²) >= 11 is 0. The molecule has 156 valence electrons. The van der Waals surface area contributed by atoms with E-state index in [1.165, 1.54) is 51.4 Å². The third-order valence-electron chi connectivity index (χ3n) is 10.3. The first-order chi connectivity index (χ1) is 12.4. The van der Waals surface area contributed by atoms with E-state index in [0.29, 0.717) is 10.8 Å². The Morgan fingerprint density at radius 2 is 1.56 bits per heavy atom. The Morgan fingerprint density at radius 3 is 2.26 bits per heavy atom. The van der Waals surface area contributed by atoms with Gasteiger partial charge in [0.25, 0.3) is 0 Å². The lowest BCUT2D eigenvalue weighted by atomic mass is 9.44. The molecule has 0 aliphatic heterocycles. The maximum Gasteiger partial charge on any atom is 0.0622 e. The van der Waals surface area contributed by atoms with Crippen molar-refractivity contribution in [2.24, 2.45) is 40.4 Å². The summed E-state index contributed by atoms with van der Waals surface area (Å²) in [6.07, 6.45) is 13.8. The van der Waals surface area contributed by atoms with Gasteiger partial charge in [0.2, 0.25) is 0 Å². The molecular weight excluding hydrogens is 332 g/mol. The predicted octanol–water partition coefficient (Wildman–Crippen LogP) is 5.95. The van der Waals surface area contributed by atoms with E-state index < -0.39 is 11.2 Å². The van der Waals surface area contributed by atoms with Crippen LogP contribution in [0.15, 0.2) is 0 Å². The van der Waals surface area contributed by atoms with E-state index in [2.05, 4.69) is 20.8 Å². The van der Waals surface area contributed by atoms with Crippen molar-refractivity contribution in [1.82, 2.24) is 0 Å². The molecule has 4 saturated carbocycles. The van der Waals surface area contributed by atoms with Gasteiger partial charge in [-0.3, -0.25) is 0 Å². The molecule has 0 aromatic carbocycles. The van der Waals surface area contributed by atoms with Crippen molar-refractivity contribution in [1.29, 1.82) is 0 Å². The van der Waals surface area contributed by atoms with E-state index >= 15 is 0 Å². The van der Waals surface area contributed by atoms with Crippen LogP contribution in [-0.2, 0) is 0 Å². The molecule has 0 aromatic rings. The van der Waals surface area contributed by atoms with Gasteiger partial charge in [0.05, 0.1) is 11.2 Å².